The molecular weight excluding hydrogens is 122 g/mol. The van der Waals surface area contributed by atoms with Crippen LogP contribution >= 0.6 is 0 Å². The third-order valence-electron chi connectivity index (χ3n) is 1.79. The molecule has 1 nitrogen and oxygen atoms in total. The molecule has 0 fully saturated rings. The van der Waals surface area contributed by atoms with Gasteiger partial charge in [0.15, 0.2) is 0 Å². The van der Waals surface area contributed by atoms with Gasteiger partial charge in [0.25, 0.3) is 0 Å². The topological polar surface area (TPSA) is 3.24 Å². The molecule has 0 rings (SSSR count). The van der Waals surface area contributed by atoms with Crippen molar-refractivity contribution >= 4 is 0 Å². The second-order valence-electron chi connectivity index (χ2n) is 2.79. The zero-order valence-electron chi connectivity index (χ0n) is 7.59. The number of allylic oxidation sites excluding steroid dienone is 1. The molecule has 1 atom stereocenters. The SMILES string of the molecule is C/C=C\N(C)C(C)CCC. The first-order valence-electron chi connectivity index (χ1n) is 4.07. The zero-order valence-corrected chi connectivity index (χ0v) is 7.59. The van der Waals surface area contributed by atoms with Crippen LogP contribution in [-0.2, 0) is 0 Å². The van der Waals surface area contributed by atoms with Gasteiger partial charge in [0.1, 0.15) is 0 Å². The first-order chi connectivity index (χ1) is 4.72. The van der Waals surface area contributed by atoms with E-state index in [0.29, 0.717) is 6.04 Å². The lowest BCUT2D eigenvalue weighted by Crippen LogP contribution is -2.23. The number of hydrogen-bond donors (Lipinski definition) is 0. The van der Waals surface area contributed by atoms with Crippen molar-refractivity contribution in [2.45, 2.75) is 39.7 Å². The van der Waals surface area contributed by atoms with E-state index in [-0.39, 0.29) is 0 Å². The highest BCUT2D eigenvalue weighted by molar-refractivity contribution is 4.79. The summed E-state index contributed by atoms with van der Waals surface area (Å²) in [7, 11) is 2.13. The maximum atomic E-state index is 2.25. The molecule has 0 aromatic rings. The van der Waals surface area contributed by atoms with Gasteiger partial charge in [-0.2, -0.15) is 0 Å². The molecule has 0 radical (unpaired) electrons. The van der Waals surface area contributed by atoms with Crippen molar-refractivity contribution in [1.29, 1.82) is 0 Å². The van der Waals surface area contributed by atoms with Gasteiger partial charge in [-0.25, -0.2) is 0 Å². The molecule has 1 heteroatoms. The Balaban J connectivity index is 3.58. The van der Waals surface area contributed by atoms with Crippen molar-refractivity contribution in [3.05, 3.63) is 12.3 Å². The normalized spacial score (nSPS) is 14.0. The predicted octanol–water partition coefficient (Wildman–Crippen LogP) is 2.64. The Kier molecular flexibility index (Phi) is 5.09. The van der Waals surface area contributed by atoms with Crippen LogP contribution in [0.3, 0.4) is 0 Å². The predicted molar refractivity (Wildman–Crippen MR) is 46.9 cm³/mol. The summed E-state index contributed by atoms with van der Waals surface area (Å²) in [6.07, 6.45) is 6.75. The average Bonchev–Trinajstić information content (AvgIpc) is 1.89. The van der Waals surface area contributed by atoms with Gasteiger partial charge in [0, 0.05) is 13.1 Å². The van der Waals surface area contributed by atoms with Crippen LogP contribution in [0.5, 0.6) is 0 Å². The molecule has 0 aromatic heterocycles. The molecule has 10 heavy (non-hydrogen) atoms. The summed E-state index contributed by atoms with van der Waals surface area (Å²) in [4.78, 5) is 2.25. The van der Waals surface area contributed by atoms with Gasteiger partial charge in [-0.1, -0.05) is 19.4 Å². The zero-order chi connectivity index (χ0) is 7.98. The highest BCUT2D eigenvalue weighted by Crippen LogP contribution is 2.03. The monoisotopic (exact) mass is 141 g/mol. The van der Waals surface area contributed by atoms with Crippen LogP contribution in [0.25, 0.3) is 0 Å². The van der Waals surface area contributed by atoms with Gasteiger partial charge in [0.05, 0.1) is 0 Å². The fourth-order valence-corrected chi connectivity index (χ4v) is 1.00. The molecule has 1 unspecified atom stereocenters. The van der Waals surface area contributed by atoms with E-state index in [1.807, 2.05) is 0 Å². The molecule has 0 heterocycles. The molecule has 60 valence electrons. The van der Waals surface area contributed by atoms with E-state index in [1.165, 1.54) is 12.8 Å². The maximum Gasteiger partial charge on any atom is 0.0252 e. The molecule has 0 spiro atoms. The van der Waals surface area contributed by atoms with Gasteiger partial charge in [-0.3, -0.25) is 0 Å². The van der Waals surface area contributed by atoms with E-state index in [4.69, 9.17) is 0 Å². The summed E-state index contributed by atoms with van der Waals surface area (Å²) in [5.74, 6) is 0. The first-order valence-corrected chi connectivity index (χ1v) is 4.07. The van der Waals surface area contributed by atoms with Gasteiger partial charge in [-0.15, -0.1) is 0 Å². The minimum Gasteiger partial charge on any atom is -0.378 e. The fourth-order valence-electron chi connectivity index (χ4n) is 1.00. The molecule has 0 aliphatic heterocycles. The van der Waals surface area contributed by atoms with Crippen LogP contribution in [0.4, 0.5) is 0 Å². The van der Waals surface area contributed by atoms with Crippen LogP contribution in [0, 0.1) is 0 Å². The average molecular weight is 141 g/mol. The van der Waals surface area contributed by atoms with Crippen LogP contribution in [-0.4, -0.2) is 18.0 Å². The standard InChI is InChI=1S/C9H19N/c1-5-7-9(3)10(4)8-6-2/h6,8-9H,5,7H2,1-4H3/b8-6-. The molecule has 0 bridgehead atoms. The molecule has 0 aliphatic rings. The third-order valence-corrected chi connectivity index (χ3v) is 1.79. The fraction of sp³-hybridized carbons (Fsp3) is 0.778. The van der Waals surface area contributed by atoms with Crippen molar-refractivity contribution in [3.8, 4) is 0 Å². The van der Waals surface area contributed by atoms with Gasteiger partial charge in [-0.05, 0) is 26.5 Å². The Morgan fingerprint density at radius 2 is 2.10 bits per heavy atom. The molecular formula is C9H19N. The van der Waals surface area contributed by atoms with Crippen molar-refractivity contribution in [3.63, 3.8) is 0 Å². The molecule has 0 aliphatic carbocycles. The third kappa shape index (κ3) is 3.54. The maximum absolute atomic E-state index is 2.25. The van der Waals surface area contributed by atoms with Crippen molar-refractivity contribution in [2.24, 2.45) is 0 Å². The van der Waals surface area contributed by atoms with Gasteiger partial charge < -0.3 is 4.90 Å². The Morgan fingerprint density at radius 1 is 1.50 bits per heavy atom. The molecule has 0 aromatic carbocycles. The quantitative estimate of drug-likeness (QED) is 0.581. The van der Waals surface area contributed by atoms with E-state index in [9.17, 15) is 0 Å². The van der Waals surface area contributed by atoms with Crippen LogP contribution in [0.1, 0.15) is 33.6 Å². The van der Waals surface area contributed by atoms with Crippen LogP contribution in [0.15, 0.2) is 12.3 Å². The minimum absolute atomic E-state index is 0.682. The molecule has 0 saturated heterocycles. The Morgan fingerprint density at radius 3 is 2.50 bits per heavy atom. The lowest BCUT2D eigenvalue weighted by atomic mass is 10.2. The van der Waals surface area contributed by atoms with Gasteiger partial charge in [0.2, 0.25) is 0 Å². The molecule has 0 saturated carbocycles. The van der Waals surface area contributed by atoms with E-state index in [1.54, 1.807) is 0 Å². The van der Waals surface area contributed by atoms with Crippen molar-refractivity contribution in [1.82, 2.24) is 4.90 Å². The molecule has 0 N–H and O–H groups in total. The summed E-state index contributed by atoms with van der Waals surface area (Å²) in [6, 6.07) is 0.682. The van der Waals surface area contributed by atoms with Crippen molar-refractivity contribution < 1.29 is 0 Å². The van der Waals surface area contributed by atoms with Crippen molar-refractivity contribution in [2.75, 3.05) is 7.05 Å². The second kappa shape index (κ2) is 5.33. The van der Waals surface area contributed by atoms with E-state index in [2.05, 4.69) is 45.0 Å². The Bertz CT molecular complexity index is 96.9. The van der Waals surface area contributed by atoms with E-state index >= 15 is 0 Å². The number of rotatable bonds is 4. The first kappa shape index (κ1) is 9.54. The van der Waals surface area contributed by atoms with Crippen LogP contribution < -0.4 is 0 Å². The summed E-state index contributed by atoms with van der Waals surface area (Å²) >= 11 is 0. The lowest BCUT2D eigenvalue weighted by molar-refractivity contribution is 0.331. The summed E-state index contributed by atoms with van der Waals surface area (Å²) in [5.41, 5.74) is 0. The number of hydrogen-bond acceptors (Lipinski definition) is 1. The highest BCUT2D eigenvalue weighted by atomic mass is 15.1. The number of nitrogens with zero attached hydrogens (tertiary/aromatic N) is 1. The van der Waals surface area contributed by atoms with Crippen LogP contribution in [0.2, 0.25) is 0 Å². The highest BCUT2D eigenvalue weighted by Gasteiger charge is 2.01. The largest absolute Gasteiger partial charge is 0.378 e. The summed E-state index contributed by atoms with van der Waals surface area (Å²) < 4.78 is 0. The molecule has 0 amide bonds. The lowest BCUT2D eigenvalue weighted by Gasteiger charge is -2.22. The summed E-state index contributed by atoms with van der Waals surface area (Å²) in [5, 5.41) is 0. The van der Waals surface area contributed by atoms with Gasteiger partial charge >= 0.3 is 0 Å². The second-order valence-corrected chi connectivity index (χ2v) is 2.79. The van der Waals surface area contributed by atoms with E-state index in [0.717, 1.165) is 0 Å². The minimum atomic E-state index is 0.682. The Labute approximate surface area is 64.7 Å². The Hall–Kier alpha value is -0.460. The van der Waals surface area contributed by atoms with E-state index < -0.39 is 0 Å². The smallest absolute Gasteiger partial charge is 0.0252 e. The summed E-state index contributed by atoms with van der Waals surface area (Å²) in [6.45, 7) is 6.53.